The van der Waals surface area contributed by atoms with Gasteiger partial charge in [0, 0.05) is 30.9 Å². The number of amides is 1. The van der Waals surface area contributed by atoms with Crippen LogP contribution in [0.15, 0.2) is 79.8 Å². The highest BCUT2D eigenvalue weighted by Crippen LogP contribution is 2.28. The summed E-state index contributed by atoms with van der Waals surface area (Å²) in [6, 6.07) is 16.5. The van der Waals surface area contributed by atoms with E-state index in [0.717, 1.165) is 12.2 Å². The highest BCUT2D eigenvalue weighted by atomic mass is 16.5. The Labute approximate surface area is 196 Å². The lowest BCUT2D eigenvalue weighted by Crippen LogP contribution is -2.30. The minimum absolute atomic E-state index is 0.0225. The predicted molar refractivity (Wildman–Crippen MR) is 129 cm³/mol. The quantitative estimate of drug-likeness (QED) is 0.322. The van der Waals surface area contributed by atoms with Gasteiger partial charge in [-0.05, 0) is 48.9 Å². The number of carbonyl (C=O) groups excluding carboxylic acids is 2. The number of hydrogen-bond donors (Lipinski definition) is 2. The smallest absolute Gasteiger partial charge is 0.246 e. The summed E-state index contributed by atoms with van der Waals surface area (Å²) in [5, 5.41) is 4.02. The maximum absolute atomic E-state index is 13.4. The number of ketones is 1. The van der Waals surface area contributed by atoms with Crippen LogP contribution >= 0.6 is 0 Å². The zero-order valence-corrected chi connectivity index (χ0v) is 18.4. The molecular formula is C26H23N5O3. The molecule has 1 aliphatic rings. The van der Waals surface area contributed by atoms with Crippen molar-refractivity contribution in [1.82, 2.24) is 19.9 Å². The van der Waals surface area contributed by atoms with Crippen LogP contribution in [0.5, 0.6) is 11.5 Å². The molecule has 3 heterocycles. The summed E-state index contributed by atoms with van der Waals surface area (Å²) < 4.78 is 5.82. The maximum atomic E-state index is 13.4. The van der Waals surface area contributed by atoms with Gasteiger partial charge in [-0.3, -0.25) is 9.59 Å². The molecule has 5 rings (SSSR count). The molecule has 2 aromatic heterocycles. The van der Waals surface area contributed by atoms with Crippen molar-refractivity contribution in [1.29, 1.82) is 0 Å². The molecule has 1 aliphatic heterocycles. The molecule has 0 radical (unpaired) electrons. The van der Waals surface area contributed by atoms with E-state index in [-0.39, 0.29) is 17.7 Å². The second-order valence-electron chi connectivity index (χ2n) is 8.04. The highest BCUT2D eigenvalue weighted by molar-refractivity contribution is 6.18. The molecule has 34 heavy (non-hydrogen) atoms. The summed E-state index contributed by atoms with van der Waals surface area (Å²) >= 11 is 0. The number of likely N-dealkylation sites (tertiary alicyclic amines) is 1. The number of hydrogen-bond acceptors (Lipinski definition) is 6. The van der Waals surface area contributed by atoms with Crippen molar-refractivity contribution < 1.29 is 14.3 Å². The lowest BCUT2D eigenvalue weighted by molar-refractivity contribution is -0.125. The summed E-state index contributed by atoms with van der Waals surface area (Å²) in [7, 11) is 0. The van der Waals surface area contributed by atoms with Crippen molar-refractivity contribution in [3.05, 3.63) is 90.9 Å². The molecule has 1 atom stereocenters. The Morgan fingerprint density at radius 3 is 2.62 bits per heavy atom. The largest absolute Gasteiger partial charge is 0.457 e. The van der Waals surface area contributed by atoms with Crippen molar-refractivity contribution >= 4 is 28.5 Å². The molecule has 8 nitrogen and oxygen atoms in total. The summed E-state index contributed by atoms with van der Waals surface area (Å²) in [5.74, 6) is 1.70. The normalized spacial score (nSPS) is 15.3. The van der Waals surface area contributed by atoms with Gasteiger partial charge >= 0.3 is 0 Å². The molecule has 0 saturated carbocycles. The van der Waals surface area contributed by atoms with Gasteiger partial charge in [-0.2, -0.15) is 0 Å². The van der Waals surface area contributed by atoms with Crippen molar-refractivity contribution in [2.45, 2.75) is 12.5 Å². The van der Waals surface area contributed by atoms with Gasteiger partial charge < -0.3 is 19.9 Å². The number of aromatic nitrogens is 3. The number of ether oxygens (including phenoxy) is 1. The van der Waals surface area contributed by atoms with E-state index < -0.39 is 0 Å². The lowest BCUT2D eigenvalue weighted by Gasteiger charge is -2.16. The van der Waals surface area contributed by atoms with E-state index in [1.54, 1.807) is 35.4 Å². The fourth-order valence-electron chi connectivity index (χ4n) is 4.11. The maximum Gasteiger partial charge on any atom is 0.246 e. The number of nitrogens with one attached hydrogen (secondary N) is 2. The highest BCUT2D eigenvalue weighted by Gasteiger charge is 2.26. The van der Waals surface area contributed by atoms with Gasteiger partial charge in [0.2, 0.25) is 5.91 Å². The monoisotopic (exact) mass is 453 g/mol. The molecule has 2 aromatic carbocycles. The standard InChI is InChI=1S/C26H23N5O3/c1-2-22(32)31-13-12-18(15-31)30-26-23-21(14-27-25(23)28-16-29-26)24(33)17-8-10-20(11-9-17)34-19-6-4-3-5-7-19/h2-11,14,16,18H,1,12-13,15H2,(H2,27,28,29,30). The van der Waals surface area contributed by atoms with E-state index in [1.165, 1.54) is 12.4 Å². The van der Waals surface area contributed by atoms with Crippen molar-refractivity contribution in [2.75, 3.05) is 18.4 Å². The van der Waals surface area contributed by atoms with Crippen LogP contribution in [0, 0.1) is 0 Å². The molecule has 170 valence electrons. The molecule has 1 fully saturated rings. The number of anilines is 1. The van der Waals surface area contributed by atoms with E-state index in [1.807, 2.05) is 30.3 Å². The molecule has 1 saturated heterocycles. The lowest BCUT2D eigenvalue weighted by atomic mass is 10.0. The first-order chi connectivity index (χ1) is 16.6. The first-order valence-corrected chi connectivity index (χ1v) is 11.0. The zero-order valence-electron chi connectivity index (χ0n) is 18.4. The van der Waals surface area contributed by atoms with Gasteiger partial charge in [0.15, 0.2) is 5.78 Å². The van der Waals surface area contributed by atoms with E-state index >= 15 is 0 Å². The molecule has 0 bridgehead atoms. The molecule has 0 aliphatic carbocycles. The van der Waals surface area contributed by atoms with Crippen LogP contribution in [-0.2, 0) is 4.79 Å². The second kappa shape index (κ2) is 9.19. The first-order valence-electron chi connectivity index (χ1n) is 11.0. The minimum Gasteiger partial charge on any atom is -0.457 e. The number of nitrogens with zero attached hydrogens (tertiary/aromatic N) is 3. The van der Waals surface area contributed by atoms with Crippen LogP contribution in [-0.4, -0.2) is 50.7 Å². The molecule has 1 unspecified atom stereocenters. The number of aromatic amines is 1. The SMILES string of the molecule is C=CC(=O)N1CCC(Nc2ncnc3[nH]cc(C(=O)c4ccc(Oc5ccccc5)cc4)c23)C1. The van der Waals surface area contributed by atoms with Gasteiger partial charge in [-0.25, -0.2) is 9.97 Å². The Balaban J connectivity index is 1.37. The summed E-state index contributed by atoms with van der Waals surface area (Å²) in [6.45, 7) is 4.75. The van der Waals surface area contributed by atoms with Gasteiger partial charge in [0.05, 0.1) is 10.9 Å². The Morgan fingerprint density at radius 1 is 1.09 bits per heavy atom. The predicted octanol–water partition coefficient (Wildman–Crippen LogP) is 4.18. The van der Waals surface area contributed by atoms with Gasteiger partial charge in [0.25, 0.3) is 0 Å². The number of rotatable bonds is 7. The topological polar surface area (TPSA) is 100 Å². The van der Waals surface area contributed by atoms with E-state index in [4.69, 9.17) is 4.74 Å². The first kappa shape index (κ1) is 21.4. The molecule has 0 spiro atoms. The minimum atomic E-state index is -0.148. The van der Waals surface area contributed by atoms with Crippen LogP contribution in [0.3, 0.4) is 0 Å². The number of benzene rings is 2. The molecule has 1 amide bonds. The molecule has 2 N–H and O–H groups in total. The number of H-pyrrole nitrogens is 1. The Hall–Kier alpha value is -4.46. The van der Waals surface area contributed by atoms with Gasteiger partial charge in [-0.15, -0.1) is 0 Å². The van der Waals surface area contributed by atoms with Gasteiger partial charge in [-0.1, -0.05) is 24.8 Å². The second-order valence-corrected chi connectivity index (χ2v) is 8.04. The van der Waals surface area contributed by atoms with E-state index in [2.05, 4.69) is 26.8 Å². The third kappa shape index (κ3) is 4.25. The Bertz CT molecular complexity index is 1350. The average Bonchev–Trinajstić information content (AvgIpc) is 3.52. The fraction of sp³-hybridized carbons (Fsp3) is 0.154. The molecule has 8 heteroatoms. The van der Waals surface area contributed by atoms with Gasteiger partial charge in [0.1, 0.15) is 29.3 Å². The van der Waals surface area contributed by atoms with Crippen LogP contribution in [0.1, 0.15) is 22.3 Å². The third-order valence-electron chi connectivity index (χ3n) is 5.83. The molecular weight excluding hydrogens is 430 g/mol. The van der Waals surface area contributed by atoms with Crippen LogP contribution < -0.4 is 10.1 Å². The van der Waals surface area contributed by atoms with Crippen molar-refractivity contribution in [3.8, 4) is 11.5 Å². The van der Waals surface area contributed by atoms with E-state index in [9.17, 15) is 9.59 Å². The van der Waals surface area contributed by atoms with E-state index in [0.29, 0.717) is 46.8 Å². The van der Waals surface area contributed by atoms with Crippen molar-refractivity contribution in [2.24, 2.45) is 0 Å². The summed E-state index contributed by atoms with van der Waals surface area (Å²) in [5.41, 5.74) is 1.58. The number of fused-ring (bicyclic) bond motifs is 1. The average molecular weight is 454 g/mol. The Morgan fingerprint density at radius 2 is 1.85 bits per heavy atom. The fourth-order valence-corrected chi connectivity index (χ4v) is 4.11. The van der Waals surface area contributed by atoms with Crippen LogP contribution in [0.25, 0.3) is 11.0 Å². The Kier molecular flexibility index (Phi) is 5.78. The summed E-state index contributed by atoms with van der Waals surface area (Å²) in [6.07, 6.45) is 5.21. The summed E-state index contributed by atoms with van der Waals surface area (Å²) in [4.78, 5) is 38.7. The number of para-hydroxylation sites is 1. The van der Waals surface area contributed by atoms with Crippen molar-refractivity contribution in [3.63, 3.8) is 0 Å². The molecule has 4 aromatic rings. The zero-order chi connectivity index (χ0) is 23.5. The number of carbonyl (C=O) groups is 2. The van der Waals surface area contributed by atoms with Crippen LogP contribution in [0.4, 0.5) is 5.82 Å². The third-order valence-corrected chi connectivity index (χ3v) is 5.83. The van der Waals surface area contributed by atoms with Crippen LogP contribution in [0.2, 0.25) is 0 Å².